The molecule has 5 rings (SSSR count). The second kappa shape index (κ2) is 8.44. The number of phenols is 1. The van der Waals surface area contributed by atoms with Crippen molar-refractivity contribution in [1.82, 2.24) is 5.16 Å². The Kier molecular flexibility index (Phi) is 5.43. The third-order valence-corrected chi connectivity index (χ3v) is 6.67. The van der Waals surface area contributed by atoms with Crippen molar-refractivity contribution >= 4 is 11.7 Å². The highest BCUT2D eigenvalue weighted by molar-refractivity contribution is 6.01. The molecule has 2 atom stereocenters. The molecule has 0 saturated carbocycles. The molecule has 8 heteroatoms. The molecule has 2 N–H and O–H groups in total. The largest absolute Gasteiger partial charge is 0.504 e. The first-order valence-electron chi connectivity index (χ1n) is 11.0. The van der Waals surface area contributed by atoms with Crippen molar-refractivity contribution in [3.05, 3.63) is 70.1 Å². The Labute approximate surface area is 197 Å². The molecule has 1 aliphatic carbocycles. The highest BCUT2D eigenvalue weighted by Crippen LogP contribution is 2.50. The van der Waals surface area contributed by atoms with Crippen molar-refractivity contribution in [1.29, 1.82) is 0 Å². The van der Waals surface area contributed by atoms with Gasteiger partial charge in [-0.05, 0) is 54.7 Å². The summed E-state index contributed by atoms with van der Waals surface area (Å²) in [5, 5.41) is 17.5. The van der Waals surface area contributed by atoms with E-state index in [0.29, 0.717) is 41.5 Å². The first kappa shape index (κ1) is 21.9. The molecule has 8 nitrogen and oxygen atoms in total. The highest BCUT2D eigenvalue weighted by atomic mass is 16.5. The number of ether oxygens (including phenoxy) is 3. The van der Waals surface area contributed by atoms with Gasteiger partial charge in [0.15, 0.2) is 28.8 Å². The maximum absolute atomic E-state index is 13.7. The topological polar surface area (TPSA) is 103 Å². The summed E-state index contributed by atoms with van der Waals surface area (Å²) >= 11 is 0. The summed E-state index contributed by atoms with van der Waals surface area (Å²) in [6, 6.07) is 10.9. The average Bonchev–Trinajstić information content (AvgIpc) is 3.22. The van der Waals surface area contributed by atoms with Gasteiger partial charge in [0.1, 0.15) is 0 Å². The van der Waals surface area contributed by atoms with Crippen LogP contribution in [0.4, 0.5) is 5.88 Å². The molecule has 0 unspecified atom stereocenters. The lowest BCUT2D eigenvalue weighted by atomic mass is 9.72. The molecule has 34 heavy (non-hydrogen) atoms. The molecule has 176 valence electrons. The van der Waals surface area contributed by atoms with E-state index in [1.54, 1.807) is 26.4 Å². The van der Waals surface area contributed by atoms with Gasteiger partial charge in [-0.2, -0.15) is 0 Å². The molecule has 0 saturated heterocycles. The number of allylic oxidation sites excluding steroid dienone is 2. The van der Waals surface area contributed by atoms with E-state index in [2.05, 4.69) is 10.5 Å². The molecule has 2 heterocycles. The molecular formula is C26H26N2O6. The molecule has 0 fully saturated rings. The van der Waals surface area contributed by atoms with Gasteiger partial charge < -0.3 is 29.2 Å². The van der Waals surface area contributed by atoms with E-state index in [4.69, 9.17) is 18.7 Å². The van der Waals surface area contributed by atoms with Crippen LogP contribution in [0.15, 0.2) is 52.2 Å². The number of aromatic hydroxyl groups is 1. The first-order chi connectivity index (χ1) is 16.4. The SMILES string of the molecule is COc1cc([C@H]2CC(=O)C3=C(C2)Nc2onc(C)c2[C@H]3c2ccc(OC)c(OC)c2)ccc1O. The molecule has 0 bridgehead atoms. The fraction of sp³-hybridized carbons (Fsp3) is 0.308. The Bertz CT molecular complexity index is 1310. The minimum absolute atomic E-state index is 0.0526. The summed E-state index contributed by atoms with van der Waals surface area (Å²) in [5.41, 5.74) is 4.94. The number of carbonyl (C=O) groups is 1. The van der Waals surface area contributed by atoms with Gasteiger partial charge in [0, 0.05) is 23.6 Å². The number of aryl methyl sites for hydroxylation is 1. The van der Waals surface area contributed by atoms with E-state index in [-0.39, 0.29) is 23.4 Å². The number of phenolic OH excluding ortho intramolecular Hbond substituents is 1. The van der Waals surface area contributed by atoms with Gasteiger partial charge in [-0.3, -0.25) is 4.79 Å². The van der Waals surface area contributed by atoms with Gasteiger partial charge in [0.25, 0.3) is 0 Å². The Balaban J connectivity index is 1.60. The van der Waals surface area contributed by atoms with Gasteiger partial charge in [0.2, 0.25) is 5.88 Å². The lowest BCUT2D eigenvalue weighted by Gasteiger charge is -2.34. The summed E-state index contributed by atoms with van der Waals surface area (Å²) in [6.45, 7) is 1.88. The molecule has 1 aliphatic heterocycles. The van der Waals surface area contributed by atoms with Crippen molar-refractivity contribution in [2.75, 3.05) is 26.6 Å². The number of ketones is 1. The van der Waals surface area contributed by atoms with E-state index in [0.717, 1.165) is 28.1 Å². The maximum Gasteiger partial charge on any atom is 0.233 e. The molecule has 0 radical (unpaired) electrons. The van der Waals surface area contributed by atoms with Crippen LogP contribution in [0, 0.1) is 6.92 Å². The number of carbonyl (C=O) groups excluding carboxylic acids is 1. The number of nitrogens with one attached hydrogen (secondary N) is 1. The maximum atomic E-state index is 13.7. The van der Waals surface area contributed by atoms with Crippen LogP contribution in [0.25, 0.3) is 0 Å². The normalized spacial score (nSPS) is 19.2. The number of hydrogen-bond acceptors (Lipinski definition) is 8. The number of aromatic nitrogens is 1. The van der Waals surface area contributed by atoms with Gasteiger partial charge in [-0.25, -0.2) is 0 Å². The monoisotopic (exact) mass is 462 g/mol. The fourth-order valence-corrected chi connectivity index (χ4v) is 5.02. The Morgan fingerprint density at radius 1 is 0.971 bits per heavy atom. The van der Waals surface area contributed by atoms with Crippen molar-refractivity contribution in [3.63, 3.8) is 0 Å². The third-order valence-electron chi connectivity index (χ3n) is 6.67. The summed E-state index contributed by atoms with van der Waals surface area (Å²) < 4.78 is 21.8. The predicted octanol–water partition coefficient (Wildman–Crippen LogP) is 4.67. The molecule has 1 aromatic heterocycles. The molecule has 2 aromatic carbocycles. The van der Waals surface area contributed by atoms with Crippen LogP contribution in [0.5, 0.6) is 23.0 Å². The summed E-state index contributed by atoms with van der Waals surface area (Å²) in [5.74, 6) is 1.87. The van der Waals surface area contributed by atoms with Gasteiger partial charge in [-0.15, -0.1) is 0 Å². The van der Waals surface area contributed by atoms with Crippen LogP contribution in [0.1, 0.15) is 47.1 Å². The highest BCUT2D eigenvalue weighted by Gasteiger charge is 2.41. The number of Topliss-reactive ketones (excluding diaryl/α,β-unsaturated/α-hetero) is 1. The Hall–Kier alpha value is -3.94. The average molecular weight is 463 g/mol. The zero-order valence-corrected chi connectivity index (χ0v) is 19.5. The van der Waals surface area contributed by atoms with Crippen LogP contribution in [0.2, 0.25) is 0 Å². The number of anilines is 1. The Morgan fingerprint density at radius 3 is 2.41 bits per heavy atom. The van der Waals surface area contributed by atoms with E-state index < -0.39 is 0 Å². The minimum Gasteiger partial charge on any atom is -0.504 e. The summed E-state index contributed by atoms with van der Waals surface area (Å²) in [6.07, 6.45) is 0.954. The number of methoxy groups -OCH3 is 3. The van der Waals surface area contributed by atoms with E-state index in [9.17, 15) is 9.90 Å². The van der Waals surface area contributed by atoms with E-state index >= 15 is 0 Å². The minimum atomic E-state index is -0.333. The second-order valence-corrected chi connectivity index (χ2v) is 8.54. The Morgan fingerprint density at radius 2 is 1.68 bits per heavy atom. The van der Waals surface area contributed by atoms with Gasteiger partial charge in [0.05, 0.1) is 32.6 Å². The number of nitrogens with zero attached hydrogens (tertiary/aromatic N) is 1. The van der Waals surface area contributed by atoms with Crippen LogP contribution in [-0.2, 0) is 4.79 Å². The third kappa shape index (κ3) is 3.46. The summed E-state index contributed by atoms with van der Waals surface area (Å²) in [7, 11) is 4.69. The second-order valence-electron chi connectivity index (χ2n) is 8.54. The zero-order chi connectivity index (χ0) is 24.0. The van der Waals surface area contributed by atoms with Crippen molar-refractivity contribution in [3.8, 4) is 23.0 Å². The number of benzene rings is 2. The molecule has 2 aliphatic rings. The lowest BCUT2D eigenvalue weighted by Crippen LogP contribution is -2.29. The number of fused-ring (bicyclic) bond motifs is 1. The number of hydrogen-bond donors (Lipinski definition) is 2. The smallest absolute Gasteiger partial charge is 0.233 e. The summed E-state index contributed by atoms with van der Waals surface area (Å²) in [4.78, 5) is 13.7. The van der Waals surface area contributed by atoms with Crippen molar-refractivity contribution in [2.24, 2.45) is 0 Å². The van der Waals surface area contributed by atoms with Crippen molar-refractivity contribution in [2.45, 2.75) is 31.6 Å². The quantitative estimate of drug-likeness (QED) is 0.564. The van der Waals surface area contributed by atoms with Gasteiger partial charge >= 0.3 is 0 Å². The van der Waals surface area contributed by atoms with Crippen LogP contribution in [0.3, 0.4) is 0 Å². The van der Waals surface area contributed by atoms with Gasteiger partial charge in [-0.1, -0.05) is 17.3 Å². The van der Waals surface area contributed by atoms with E-state index in [1.165, 1.54) is 7.11 Å². The molecule has 0 spiro atoms. The first-order valence-corrected chi connectivity index (χ1v) is 11.0. The molecule has 0 amide bonds. The van der Waals surface area contributed by atoms with Crippen LogP contribution in [-0.4, -0.2) is 37.4 Å². The number of rotatable bonds is 5. The zero-order valence-electron chi connectivity index (χ0n) is 19.5. The predicted molar refractivity (Wildman–Crippen MR) is 125 cm³/mol. The van der Waals surface area contributed by atoms with Crippen molar-refractivity contribution < 1.29 is 28.6 Å². The lowest BCUT2D eigenvalue weighted by molar-refractivity contribution is -0.116. The molecule has 3 aromatic rings. The van der Waals surface area contributed by atoms with Crippen LogP contribution < -0.4 is 19.5 Å². The standard InChI is InChI=1S/C26H26N2O6/c1-13-23-24(15-6-8-20(31-2)22(12-15)33-4)25-17(27-26(23)34-28-13)9-16(10-19(25)30)14-5-7-18(29)21(11-14)32-3/h5-8,11-12,16,24,27,29H,9-10H2,1-4H3/t16-,24-/m1/s1. The fourth-order valence-electron chi connectivity index (χ4n) is 5.02. The molecular weight excluding hydrogens is 436 g/mol. The van der Waals surface area contributed by atoms with E-state index in [1.807, 2.05) is 31.2 Å². The van der Waals surface area contributed by atoms with Crippen LogP contribution >= 0.6 is 0 Å².